The van der Waals surface area contributed by atoms with Crippen LogP contribution in [0.3, 0.4) is 0 Å². The molecule has 4 fully saturated rings. The molecule has 34 heavy (non-hydrogen) atoms. The molecule has 1 saturated carbocycles. The molecule has 3 aliphatic heterocycles. The van der Waals surface area contributed by atoms with Gasteiger partial charge in [0.05, 0.1) is 19.7 Å². The lowest BCUT2D eigenvalue weighted by atomic mass is 9.90. The number of halogens is 2. The molecule has 0 amide bonds. The predicted molar refractivity (Wildman–Crippen MR) is 113 cm³/mol. The molecule has 0 bridgehead atoms. The Morgan fingerprint density at radius 3 is 2.41 bits per heavy atom. The summed E-state index contributed by atoms with van der Waals surface area (Å²) in [5, 5.41) is 0. The maximum atomic E-state index is 14.8. The third-order valence-electron chi connectivity index (χ3n) is 6.86. The minimum Gasteiger partial charge on any atom is -0.469 e. The molecule has 7 unspecified atom stereocenters. The van der Waals surface area contributed by atoms with Crippen molar-refractivity contribution in [2.75, 3.05) is 6.23 Å². The standard InChI is InChI=1S/C22H32F2O9Si/c1-7-20(2,3)19(27)31-13-11-12(29-16(13)25)14-18(30-11)33-22(32-14)9-8-21(23,24)15(22)17(26)28-10-34(4,5)6/h11-15,18H,7-10H2,1-6H3. The number of carbonyl (C=O) groups is 3. The highest BCUT2D eigenvalue weighted by Gasteiger charge is 2.74. The normalized spacial score (nSPS) is 38.5. The molecule has 0 aromatic carbocycles. The number of esters is 3. The third-order valence-corrected chi connectivity index (χ3v) is 7.87. The number of ether oxygens (including phenoxy) is 6. The van der Waals surface area contributed by atoms with Gasteiger partial charge in [-0.15, -0.1) is 0 Å². The summed E-state index contributed by atoms with van der Waals surface area (Å²) in [5.74, 6) is -9.80. The van der Waals surface area contributed by atoms with Gasteiger partial charge in [-0.25, -0.2) is 13.6 Å². The molecule has 0 radical (unpaired) electrons. The molecule has 1 spiro atoms. The van der Waals surface area contributed by atoms with Gasteiger partial charge >= 0.3 is 17.9 Å². The summed E-state index contributed by atoms with van der Waals surface area (Å²) in [4.78, 5) is 37.6. The largest absolute Gasteiger partial charge is 0.469 e. The van der Waals surface area contributed by atoms with Crippen LogP contribution in [0.15, 0.2) is 0 Å². The number of rotatable bonds is 6. The van der Waals surface area contributed by atoms with Crippen molar-refractivity contribution < 1.29 is 51.6 Å². The second-order valence-electron chi connectivity index (χ2n) is 11.3. The van der Waals surface area contributed by atoms with Gasteiger partial charge in [0.1, 0.15) is 6.10 Å². The lowest BCUT2D eigenvalue weighted by molar-refractivity contribution is -0.265. The van der Waals surface area contributed by atoms with Crippen LogP contribution in [-0.4, -0.2) is 74.6 Å². The van der Waals surface area contributed by atoms with E-state index in [1.165, 1.54) is 0 Å². The van der Waals surface area contributed by atoms with Crippen molar-refractivity contribution in [3.63, 3.8) is 0 Å². The Morgan fingerprint density at radius 1 is 1.12 bits per heavy atom. The van der Waals surface area contributed by atoms with Gasteiger partial charge in [-0.3, -0.25) is 9.59 Å². The van der Waals surface area contributed by atoms with Crippen LogP contribution >= 0.6 is 0 Å². The fraction of sp³-hybridized carbons (Fsp3) is 0.864. The SMILES string of the molecule is CCC(C)(C)C(=O)OC1C(=O)OC2C3OC4(CCC(F)(F)C4C(=O)OC[Si](C)(C)C)OC3OC12. The van der Waals surface area contributed by atoms with Gasteiger partial charge in [0.2, 0.25) is 6.10 Å². The first-order valence-electron chi connectivity index (χ1n) is 11.6. The average Bonchev–Trinajstić information content (AvgIpc) is 3.40. The second kappa shape index (κ2) is 8.21. The molecule has 4 rings (SSSR count). The van der Waals surface area contributed by atoms with Gasteiger partial charge < -0.3 is 28.4 Å². The van der Waals surface area contributed by atoms with Crippen molar-refractivity contribution >= 4 is 26.0 Å². The van der Waals surface area contributed by atoms with Crippen LogP contribution in [0, 0.1) is 11.3 Å². The van der Waals surface area contributed by atoms with Crippen molar-refractivity contribution in [1.29, 1.82) is 0 Å². The Morgan fingerprint density at radius 2 is 1.79 bits per heavy atom. The maximum Gasteiger partial charge on any atom is 0.350 e. The van der Waals surface area contributed by atoms with Gasteiger partial charge in [0.25, 0.3) is 5.92 Å². The van der Waals surface area contributed by atoms with E-state index in [1.54, 1.807) is 13.8 Å². The molecular weight excluding hydrogens is 474 g/mol. The lowest BCUT2D eigenvalue weighted by Crippen LogP contribution is -2.49. The highest BCUT2D eigenvalue weighted by atomic mass is 28.3. The molecule has 0 aromatic rings. The zero-order valence-electron chi connectivity index (χ0n) is 20.2. The summed E-state index contributed by atoms with van der Waals surface area (Å²) in [7, 11) is -1.85. The topological polar surface area (TPSA) is 107 Å². The van der Waals surface area contributed by atoms with E-state index >= 15 is 0 Å². The highest BCUT2D eigenvalue weighted by Crippen LogP contribution is 2.56. The minimum atomic E-state index is -3.40. The molecular formula is C22H32F2O9Si. The molecule has 0 N–H and O–H groups in total. The number of carbonyl (C=O) groups excluding carboxylic acids is 3. The number of hydrogen-bond donors (Lipinski definition) is 0. The zero-order chi connectivity index (χ0) is 25.3. The van der Waals surface area contributed by atoms with E-state index in [1.807, 2.05) is 26.6 Å². The van der Waals surface area contributed by atoms with Crippen molar-refractivity contribution in [3.8, 4) is 0 Å². The first kappa shape index (κ1) is 25.5. The Kier molecular flexibility index (Phi) is 6.15. The Labute approximate surface area is 197 Å². The summed E-state index contributed by atoms with van der Waals surface area (Å²) in [6.07, 6.45) is -5.85. The molecule has 192 valence electrons. The molecule has 3 saturated heterocycles. The fourth-order valence-corrected chi connectivity index (χ4v) is 5.07. The third kappa shape index (κ3) is 4.26. The highest BCUT2D eigenvalue weighted by molar-refractivity contribution is 6.76. The number of fused-ring (bicyclic) bond motifs is 3. The molecule has 9 nitrogen and oxygen atoms in total. The van der Waals surface area contributed by atoms with Crippen LogP contribution in [0.4, 0.5) is 8.78 Å². The average molecular weight is 507 g/mol. The van der Waals surface area contributed by atoms with E-state index in [4.69, 9.17) is 28.4 Å². The molecule has 1 aliphatic carbocycles. The Hall–Kier alpha value is -1.63. The van der Waals surface area contributed by atoms with E-state index in [0.29, 0.717) is 6.42 Å². The van der Waals surface area contributed by atoms with Gasteiger partial charge in [-0.1, -0.05) is 26.6 Å². The van der Waals surface area contributed by atoms with Crippen molar-refractivity contribution in [2.24, 2.45) is 11.3 Å². The van der Waals surface area contributed by atoms with Crippen LogP contribution in [0.2, 0.25) is 19.6 Å². The van der Waals surface area contributed by atoms with E-state index in [9.17, 15) is 23.2 Å². The van der Waals surface area contributed by atoms with Gasteiger partial charge in [-0.05, 0) is 20.3 Å². The van der Waals surface area contributed by atoms with Crippen LogP contribution < -0.4 is 0 Å². The molecule has 3 heterocycles. The van der Waals surface area contributed by atoms with Crippen LogP contribution in [-0.2, 0) is 42.8 Å². The minimum absolute atomic E-state index is 0.0846. The first-order chi connectivity index (χ1) is 15.6. The number of hydrogen-bond acceptors (Lipinski definition) is 9. The quantitative estimate of drug-likeness (QED) is 0.305. The molecule has 0 aromatic heterocycles. The Bertz CT molecular complexity index is 873. The summed E-state index contributed by atoms with van der Waals surface area (Å²) in [6, 6.07) is 0. The van der Waals surface area contributed by atoms with Crippen molar-refractivity contribution in [1.82, 2.24) is 0 Å². The van der Waals surface area contributed by atoms with Crippen molar-refractivity contribution in [2.45, 2.75) is 102 Å². The predicted octanol–water partition coefficient (Wildman–Crippen LogP) is 2.56. The van der Waals surface area contributed by atoms with E-state index in [2.05, 4.69) is 0 Å². The smallest absolute Gasteiger partial charge is 0.350 e. The molecule has 12 heteroatoms. The first-order valence-corrected chi connectivity index (χ1v) is 15.3. The van der Waals surface area contributed by atoms with Crippen LogP contribution in [0.1, 0.15) is 40.0 Å². The monoisotopic (exact) mass is 506 g/mol. The lowest BCUT2D eigenvalue weighted by Gasteiger charge is -2.32. The van der Waals surface area contributed by atoms with Crippen LogP contribution in [0.5, 0.6) is 0 Å². The summed E-state index contributed by atoms with van der Waals surface area (Å²) in [6.45, 7) is 11.0. The summed E-state index contributed by atoms with van der Waals surface area (Å²) in [5.41, 5.74) is -0.817. The van der Waals surface area contributed by atoms with E-state index in [0.717, 1.165) is 0 Å². The van der Waals surface area contributed by atoms with Crippen LogP contribution in [0.25, 0.3) is 0 Å². The van der Waals surface area contributed by atoms with E-state index < -0.39 is 86.2 Å². The van der Waals surface area contributed by atoms with Crippen molar-refractivity contribution in [3.05, 3.63) is 0 Å². The Balaban J connectivity index is 1.49. The van der Waals surface area contributed by atoms with Gasteiger partial charge in [-0.2, -0.15) is 0 Å². The number of alkyl halides is 2. The molecule has 4 aliphatic rings. The van der Waals surface area contributed by atoms with Gasteiger partial charge in [0, 0.05) is 12.8 Å². The summed E-state index contributed by atoms with van der Waals surface area (Å²) >= 11 is 0. The summed E-state index contributed by atoms with van der Waals surface area (Å²) < 4.78 is 63.1. The zero-order valence-corrected chi connectivity index (χ0v) is 21.2. The van der Waals surface area contributed by atoms with E-state index in [-0.39, 0.29) is 12.7 Å². The fourth-order valence-electron chi connectivity index (χ4n) is 4.50. The molecule has 7 atom stereocenters. The van der Waals surface area contributed by atoms with Gasteiger partial charge in [0.15, 0.2) is 30.2 Å². The second-order valence-corrected chi connectivity index (χ2v) is 16.7. The maximum absolute atomic E-state index is 14.8.